The van der Waals surface area contributed by atoms with Gasteiger partial charge in [-0.3, -0.25) is 14.9 Å². The van der Waals surface area contributed by atoms with Crippen molar-refractivity contribution in [2.45, 2.75) is 0 Å². The SMILES string of the molecule is O=C(Nc1ccc(-c2nnc(-c3ccco3)o2)cc1)c1cccc([N+](=O)[O-])c1. The lowest BCUT2D eigenvalue weighted by Crippen LogP contribution is -2.11. The van der Waals surface area contributed by atoms with Crippen molar-refractivity contribution in [3.05, 3.63) is 82.6 Å². The van der Waals surface area contributed by atoms with Crippen LogP contribution in [0.5, 0.6) is 0 Å². The lowest BCUT2D eigenvalue weighted by Gasteiger charge is -2.05. The Morgan fingerprint density at radius 1 is 1.00 bits per heavy atom. The second-order valence-electron chi connectivity index (χ2n) is 5.73. The second kappa shape index (κ2) is 7.16. The Balaban J connectivity index is 1.48. The van der Waals surface area contributed by atoms with E-state index in [0.717, 1.165) is 0 Å². The van der Waals surface area contributed by atoms with Crippen molar-refractivity contribution in [1.82, 2.24) is 10.2 Å². The van der Waals surface area contributed by atoms with Gasteiger partial charge in [-0.1, -0.05) is 6.07 Å². The molecule has 4 aromatic rings. The van der Waals surface area contributed by atoms with Gasteiger partial charge in [0.25, 0.3) is 17.5 Å². The van der Waals surface area contributed by atoms with Gasteiger partial charge < -0.3 is 14.2 Å². The molecule has 0 saturated carbocycles. The predicted octanol–water partition coefficient (Wildman–Crippen LogP) is 4.16. The molecule has 1 N–H and O–H groups in total. The summed E-state index contributed by atoms with van der Waals surface area (Å²) in [7, 11) is 0. The number of nitro benzene ring substituents is 1. The van der Waals surface area contributed by atoms with Crippen molar-refractivity contribution in [2.24, 2.45) is 0 Å². The molecule has 0 aliphatic rings. The van der Waals surface area contributed by atoms with Crippen LogP contribution < -0.4 is 5.32 Å². The number of nitrogens with one attached hydrogen (secondary N) is 1. The number of hydrogen-bond donors (Lipinski definition) is 1. The molecule has 2 aromatic heterocycles. The molecule has 0 unspecified atom stereocenters. The maximum absolute atomic E-state index is 12.3. The first-order chi connectivity index (χ1) is 13.6. The van der Waals surface area contributed by atoms with E-state index in [2.05, 4.69) is 15.5 Å². The molecule has 0 aliphatic heterocycles. The number of benzene rings is 2. The number of carbonyl (C=O) groups excluding carboxylic acids is 1. The quantitative estimate of drug-likeness (QED) is 0.409. The van der Waals surface area contributed by atoms with Gasteiger partial charge in [0.1, 0.15) is 0 Å². The third-order valence-electron chi connectivity index (χ3n) is 3.87. The summed E-state index contributed by atoms with van der Waals surface area (Å²) in [5, 5.41) is 21.4. The Morgan fingerprint density at radius 2 is 1.79 bits per heavy atom. The molecule has 9 heteroatoms. The molecule has 1 amide bonds. The van der Waals surface area contributed by atoms with Gasteiger partial charge in [0, 0.05) is 28.9 Å². The highest BCUT2D eigenvalue weighted by Crippen LogP contribution is 2.25. The first kappa shape index (κ1) is 17.2. The van der Waals surface area contributed by atoms with Crippen LogP contribution in [0.3, 0.4) is 0 Å². The molecule has 4 rings (SSSR count). The van der Waals surface area contributed by atoms with E-state index >= 15 is 0 Å². The highest BCUT2D eigenvalue weighted by Gasteiger charge is 2.14. The van der Waals surface area contributed by atoms with Gasteiger partial charge >= 0.3 is 0 Å². The van der Waals surface area contributed by atoms with Crippen LogP contribution in [-0.2, 0) is 0 Å². The fourth-order valence-electron chi connectivity index (χ4n) is 2.50. The van der Waals surface area contributed by atoms with Crippen LogP contribution in [0, 0.1) is 10.1 Å². The Labute approximate surface area is 157 Å². The van der Waals surface area contributed by atoms with Crippen LogP contribution in [-0.4, -0.2) is 21.0 Å². The van der Waals surface area contributed by atoms with E-state index in [1.54, 1.807) is 36.4 Å². The van der Waals surface area contributed by atoms with E-state index in [0.29, 0.717) is 22.9 Å². The topological polar surface area (TPSA) is 124 Å². The molecule has 2 heterocycles. The van der Waals surface area contributed by atoms with Crippen molar-refractivity contribution in [1.29, 1.82) is 0 Å². The number of hydrogen-bond acceptors (Lipinski definition) is 7. The van der Waals surface area contributed by atoms with Crippen molar-refractivity contribution < 1.29 is 18.6 Å². The predicted molar refractivity (Wildman–Crippen MR) is 98.5 cm³/mol. The van der Waals surface area contributed by atoms with Crippen LogP contribution in [0.4, 0.5) is 11.4 Å². The molecule has 0 aliphatic carbocycles. The molecule has 0 spiro atoms. The number of non-ortho nitro benzene ring substituents is 1. The molecule has 0 atom stereocenters. The Kier molecular flexibility index (Phi) is 4.38. The van der Waals surface area contributed by atoms with E-state index in [4.69, 9.17) is 8.83 Å². The number of amides is 1. The lowest BCUT2D eigenvalue weighted by atomic mass is 10.1. The number of aromatic nitrogens is 2. The van der Waals surface area contributed by atoms with E-state index < -0.39 is 10.8 Å². The second-order valence-corrected chi connectivity index (χ2v) is 5.73. The summed E-state index contributed by atoms with van der Waals surface area (Å²) in [5.74, 6) is 0.597. The summed E-state index contributed by atoms with van der Waals surface area (Å²) in [5.41, 5.74) is 1.23. The normalized spacial score (nSPS) is 10.6. The van der Waals surface area contributed by atoms with Crippen LogP contribution in [0.1, 0.15) is 10.4 Å². The van der Waals surface area contributed by atoms with E-state index in [1.165, 1.54) is 30.5 Å². The number of rotatable bonds is 5. The zero-order valence-corrected chi connectivity index (χ0v) is 14.2. The summed E-state index contributed by atoms with van der Waals surface area (Å²) < 4.78 is 10.8. The minimum absolute atomic E-state index is 0.147. The smallest absolute Gasteiger partial charge is 0.283 e. The van der Waals surface area contributed by atoms with Gasteiger partial charge in [0.15, 0.2) is 5.76 Å². The maximum Gasteiger partial charge on any atom is 0.283 e. The molecule has 0 fully saturated rings. The number of anilines is 1. The molecule has 2 aromatic carbocycles. The highest BCUT2D eigenvalue weighted by molar-refractivity contribution is 6.04. The number of carbonyl (C=O) groups is 1. The Hall–Kier alpha value is -4.27. The van der Waals surface area contributed by atoms with Gasteiger partial charge in [0.05, 0.1) is 11.2 Å². The number of furan rings is 1. The van der Waals surface area contributed by atoms with Gasteiger partial charge in [-0.2, -0.15) is 0 Å². The highest BCUT2D eigenvalue weighted by atomic mass is 16.6. The summed E-state index contributed by atoms with van der Waals surface area (Å²) in [6.07, 6.45) is 1.51. The standard InChI is InChI=1S/C19H12N4O5/c24-17(13-3-1-4-15(11-13)23(25)26)20-14-8-6-12(7-9-14)18-21-22-19(28-18)16-5-2-10-27-16/h1-11H,(H,20,24). The average Bonchev–Trinajstić information content (AvgIpc) is 3.40. The minimum Gasteiger partial charge on any atom is -0.459 e. The molecule has 138 valence electrons. The number of nitrogens with zero attached hydrogens (tertiary/aromatic N) is 3. The monoisotopic (exact) mass is 376 g/mol. The average molecular weight is 376 g/mol. The van der Waals surface area contributed by atoms with E-state index in [1.807, 2.05) is 0 Å². The minimum atomic E-state index is -0.549. The van der Waals surface area contributed by atoms with Gasteiger partial charge in [-0.15, -0.1) is 10.2 Å². The van der Waals surface area contributed by atoms with Crippen molar-refractivity contribution in [3.63, 3.8) is 0 Å². The summed E-state index contributed by atoms with van der Waals surface area (Å²) in [4.78, 5) is 22.6. The molecule has 0 radical (unpaired) electrons. The first-order valence-corrected chi connectivity index (χ1v) is 8.14. The lowest BCUT2D eigenvalue weighted by molar-refractivity contribution is -0.384. The van der Waals surface area contributed by atoms with Crippen molar-refractivity contribution >= 4 is 17.3 Å². The van der Waals surface area contributed by atoms with E-state index in [9.17, 15) is 14.9 Å². The third kappa shape index (κ3) is 3.49. The van der Waals surface area contributed by atoms with Crippen LogP contribution in [0.25, 0.3) is 23.1 Å². The van der Waals surface area contributed by atoms with Crippen LogP contribution in [0.2, 0.25) is 0 Å². The Morgan fingerprint density at radius 3 is 2.50 bits per heavy atom. The Bertz CT molecular complexity index is 1130. The van der Waals surface area contributed by atoms with Crippen LogP contribution >= 0.6 is 0 Å². The summed E-state index contributed by atoms with van der Waals surface area (Å²) >= 11 is 0. The van der Waals surface area contributed by atoms with Gasteiger partial charge in [-0.05, 0) is 42.5 Å². The molecular weight excluding hydrogens is 364 g/mol. The number of nitro groups is 1. The van der Waals surface area contributed by atoms with Crippen molar-refractivity contribution in [3.8, 4) is 23.1 Å². The molecule has 0 bridgehead atoms. The maximum atomic E-state index is 12.3. The molecule has 0 saturated heterocycles. The third-order valence-corrected chi connectivity index (χ3v) is 3.87. The van der Waals surface area contributed by atoms with Gasteiger partial charge in [0.2, 0.25) is 5.89 Å². The molecule has 28 heavy (non-hydrogen) atoms. The first-order valence-electron chi connectivity index (χ1n) is 8.14. The zero-order chi connectivity index (χ0) is 19.5. The molecule has 9 nitrogen and oxygen atoms in total. The van der Waals surface area contributed by atoms with Crippen LogP contribution in [0.15, 0.2) is 75.8 Å². The van der Waals surface area contributed by atoms with E-state index in [-0.39, 0.29) is 17.1 Å². The van der Waals surface area contributed by atoms with Gasteiger partial charge in [-0.25, -0.2) is 0 Å². The molecular formula is C19H12N4O5. The summed E-state index contributed by atoms with van der Waals surface area (Å²) in [6, 6.07) is 15.7. The fraction of sp³-hybridized carbons (Fsp3) is 0. The largest absolute Gasteiger partial charge is 0.459 e. The summed E-state index contributed by atoms with van der Waals surface area (Å²) in [6.45, 7) is 0. The van der Waals surface area contributed by atoms with Crippen molar-refractivity contribution in [2.75, 3.05) is 5.32 Å². The zero-order valence-electron chi connectivity index (χ0n) is 14.2. The fourth-order valence-corrected chi connectivity index (χ4v) is 2.50.